The molecule has 2 rings (SSSR count). The fourth-order valence-corrected chi connectivity index (χ4v) is 3.12. The summed E-state index contributed by atoms with van der Waals surface area (Å²) in [6, 6.07) is 3.70. The van der Waals surface area contributed by atoms with Crippen LogP contribution in [0.1, 0.15) is 18.0 Å². The minimum atomic E-state index is -0.233. The topological polar surface area (TPSA) is 38.5 Å². The number of hydrogen-bond donors (Lipinski definition) is 1. The molecule has 1 fully saturated rings. The predicted molar refractivity (Wildman–Crippen MR) is 73.2 cm³/mol. The molecule has 1 saturated heterocycles. The van der Waals surface area contributed by atoms with Crippen LogP contribution in [0.2, 0.25) is 0 Å². The third-order valence-electron chi connectivity index (χ3n) is 3.62. The average Bonchev–Trinajstić information content (AvgIpc) is 2.74. The molecular formula is C13H18BrFN2O. The summed E-state index contributed by atoms with van der Waals surface area (Å²) in [6.07, 6.45) is 0.905. The van der Waals surface area contributed by atoms with E-state index in [1.807, 2.05) is 7.05 Å². The fraction of sp³-hybridized carbons (Fsp3) is 0.538. The highest BCUT2D eigenvalue weighted by molar-refractivity contribution is 9.10. The third kappa shape index (κ3) is 2.39. The molecule has 2 unspecified atom stereocenters. The first kappa shape index (κ1) is 13.8. The predicted octanol–water partition coefficient (Wildman–Crippen LogP) is 2.55. The highest BCUT2D eigenvalue weighted by Gasteiger charge is 2.32. The van der Waals surface area contributed by atoms with Gasteiger partial charge in [0, 0.05) is 18.2 Å². The van der Waals surface area contributed by atoms with Crippen LogP contribution >= 0.6 is 15.9 Å². The highest BCUT2D eigenvalue weighted by atomic mass is 79.9. The van der Waals surface area contributed by atoms with Crippen molar-refractivity contribution >= 4 is 15.9 Å². The summed E-state index contributed by atoms with van der Waals surface area (Å²) in [7, 11) is 3.54. The monoisotopic (exact) mass is 316 g/mol. The summed E-state index contributed by atoms with van der Waals surface area (Å²) in [4.78, 5) is 2.16. The van der Waals surface area contributed by atoms with Gasteiger partial charge in [-0.15, -0.1) is 0 Å². The number of likely N-dealkylation sites (tertiary alicyclic amines) is 1. The molecule has 2 atom stereocenters. The van der Waals surface area contributed by atoms with Crippen molar-refractivity contribution in [2.24, 2.45) is 11.7 Å². The van der Waals surface area contributed by atoms with E-state index >= 15 is 0 Å². The maximum Gasteiger partial charge on any atom is 0.145 e. The van der Waals surface area contributed by atoms with Gasteiger partial charge in [0.2, 0.25) is 0 Å². The maximum absolute atomic E-state index is 14.3. The molecule has 100 valence electrons. The van der Waals surface area contributed by atoms with E-state index in [0.717, 1.165) is 13.0 Å². The molecule has 0 saturated carbocycles. The molecule has 0 aliphatic carbocycles. The Kier molecular flexibility index (Phi) is 4.25. The summed E-state index contributed by atoms with van der Waals surface area (Å²) in [5.41, 5.74) is 6.41. The number of ether oxygens (including phenoxy) is 1. The number of halogens is 2. The Labute approximate surface area is 115 Å². The lowest BCUT2D eigenvalue weighted by Gasteiger charge is -2.21. The molecule has 1 aliphatic rings. The number of rotatable bonds is 3. The lowest BCUT2D eigenvalue weighted by molar-refractivity contribution is 0.305. The first-order valence-corrected chi connectivity index (χ1v) is 6.80. The molecule has 1 aliphatic heterocycles. The van der Waals surface area contributed by atoms with E-state index in [2.05, 4.69) is 20.8 Å². The van der Waals surface area contributed by atoms with Crippen molar-refractivity contribution < 1.29 is 9.13 Å². The Morgan fingerprint density at radius 2 is 2.28 bits per heavy atom. The van der Waals surface area contributed by atoms with Crippen LogP contribution in [0.25, 0.3) is 0 Å². The van der Waals surface area contributed by atoms with Crippen LogP contribution in [0, 0.1) is 11.7 Å². The van der Waals surface area contributed by atoms with Crippen molar-refractivity contribution in [3.05, 3.63) is 28.0 Å². The van der Waals surface area contributed by atoms with Crippen LogP contribution < -0.4 is 10.5 Å². The molecule has 1 aromatic rings. The van der Waals surface area contributed by atoms with Gasteiger partial charge in [0.15, 0.2) is 0 Å². The zero-order chi connectivity index (χ0) is 13.3. The maximum atomic E-state index is 14.3. The molecule has 0 bridgehead atoms. The number of methoxy groups -OCH3 is 1. The highest BCUT2D eigenvalue weighted by Crippen LogP contribution is 2.39. The molecular weight excluding hydrogens is 299 g/mol. The first-order chi connectivity index (χ1) is 8.58. The van der Waals surface area contributed by atoms with Crippen molar-refractivity contribution in [2.75, 3.05) is 27.2 Å². The Morgan fingerprint density at radius 3 is 2.83 bits per heavy atom. The average molecular weight is 317 g/mol. The van der Waals surface area contributed by atoms with Crippen LogP contribution in [0.5, 0.6) is 5.75 Å². The van der Waals surface area contributed by atoms with E-state index in [0.29, 0.717) is 28.2 Å². The van der Waals surface area contributed by atoms with Crippen LogP contribution in [-0.4, -0.2) is 32.1 Å². The lowest BCUT2D eigenvalue weighted by atomic mass is 9.99. The van der Waals surface area contributed by atoms with Gasteiger partial charge in [0.1, 0.15) is 11.6 Å². The van der Waals surface area contributed by atoms with Gasteiger partial charge in [-0.05, 0) is 47.9 Å². The molecule has 18 heavy (non-hydrogen) atoms. The summed E-state index contributed by atoms with van der Waals surface area (Å²) >= 11 is 3.25. The lowest BCUT2D eigenvalue weighted by Crippen LogP contribution is -2.21. The Hall–Kier alpha value is -0.650. The summed E-state index contributed by atoms with van der Waals surface area (Å²) < 4.78 is 19.8. The molecule has 5 heteroatoms. The van der Waals surface area contributed by atoms with Crippen molar-refractivity contribution in [3.63, 3.8) is 0 Å². The molecule has 0 spiro atoms. The number of nitrogens with two attached hydrogens (primary N) is 1. The van der Waals surface area contributed by atoms with Gasteiger partial charge in [-0.2, -0.15) is 0 Å². The standard InChI is InChI=1S/C13H18BrFN2O/c1-17-7-8(6-16)5-10(17)9-3-4-11(18-2)12(14)13(9)15/h3-4,8,10H,5-7,16H2,1-2H3. The van der Waals surface area contributed by atoms with Gasteiger partial charge in [0.25, 0.3) is 0 Å². The largest absolute Gasteiger partial charge is 0.495 e. The Morgan fingerprint density at radius 1 is 1.56 bits per heavy atom. The minimum absolute atomic E-state index is 0.0979. The van der Waals surface area contributed by atoms with E-state index in [9.17, 15) is 4.39 Å². The second-order valence-electron chi connectivity index (χ2n) is 4.78. The minimum Gasteiger partial charge on any atom is -0.495 e. The van der Waals surface area contributed by atoms with Gasteiger partial charge < -0.3 is 10.5 Å². The molecule has 3 nitrogen and oxygen atoms in total. The molecule has 1 aromatic carbocycles. The van der Waals surface area contributed by atoms with E-state index in [4.69, 9.17) is 10.5 Å². The van der Waals surface area contributed by atoms with Gasteiger partial charge >= 0.3 is 0 Å². The quantitative estimate of drug-likeness (QED) is 0.931. The van der Waals surface area contributed by atoms with E-state index in [-0.39, 0.29) is 11.9 Å². The zero-order valence-electron chi connectivity index (χ0n) is 10.6. The normalized spacial score (nSPS) is 24.5. The van der Waals surface area contributed by atoms with Crippen LogP contribution in [0.15, 0.2) is 16.6 Å². The number of benzene rings is 1. The molecule has 0 aromatic heterocycles. The van der Waals surface area contributed by atoms with E-state index in [1.165, 1.54) is 7.11 Å². The smallest absolute Gasteiger partial charge is 0.145 e. The van der Waals surface area contributed by atoms with Crippen molar-refractivity contribution in [3.8, 4) is 5.75 Å². The second-order valence-corrected chi connectivity index (χ2v) is 5.57. The third-order valence-corrected chi connectivity index (χ3v) is 4.36. The van der Waals surface area contributed by atoms with Crippen LogP contribution in [0.3, 0.4) is 0 Å². The van der Waals surface area contributed by atoms with Crippen molar-refractivity contribution in [1.82, 2.24) is 4.90 Å². The fourth-order valence-electron chi connectivity index (χ4n) is 2.60. The van der Waals surface area contributed by atoms with Gasteiger partial charge in [-0.1, -0.05) is 6.07 Å². The van der Waals surface area contributed by atoms with E-state index in [1.54, 1.807) is 12.1 Å². The molecule has 0 amide bonds. The first-order valence-electron chi connectivity index (χ1n) is 6.00. The number of hydrogen-bond acceptors (Lipinski definition) is 3. The summed E-state index contributed by atoms with van der Waals surface area (Å²) in [5, 5.41) is 0. The van der Waals surface area contributed by atoms with Crippen molar-refractivity contribution in [2.45, 2.75) is 12.5 Å². The molecule has 1 heterocycles. The summed E-state index contributed by atoms with van der Waals surface area (Å²) in [6.45, 7) is 1.57. The SMILES string of the molecule is COc1ccc(C2CC(CN)CN2C)c(F)c1Br. The van der Waals surface area contributed by atoms with Gasteiger partial charge in [-0.25, -0.2) is 4.39 Å². The van der Waals surface area contributed by atoms with E-state index < -0.39 is 0 Å². The number of nitrogens with zero attached hydrogens (tertiary/aromatic N) is 1. The molecule has 0 radical (unpaired) electrons. The zero-order valence-corrected chi connectivity index (χ0v) is 12.2. The van der Waals surface area contributed by atoms with Crippen LogP contribution in [-0.2, 0) is 0 Å². The Balaban J connectivity index is 2.32. The van der Waals surface area contributed by atoms with Gasteiger partial charge in [-0.3, -0.25) is 4.90 Å². The molecule has 2 N–H and O–H groups in total. The Bertz CT molecular complexity index is 441. The van der Waals surface area contributed by atoms with Crippen LogP contribution in [0.4, 0.5) is 4.39 Å². The summed E-state index contributed by atoms with van der Waals surface area (Å²) in [5.74, 6) is 0.733. The van der Waals surface area contributed by atoms with Crippen molar-refractivity contribution in [1.29, 1.82) is 0 Å². The van der Waals surface area contributed by atoms with Gasteiger partial charge in [0.05, 0.1) is 11.6 Å². The second kappa shape index (κ2) is 5.55.